The highest BCUT2D eigenvalue weighted by molar-refractivity contribution is 7.93. The van der Waals surface area contributed by atoms with E-state index in [4.69, 9.17) is 0 Å². The number of anilines is 1. The van der Waals surface area contributed by atoms with Crippen molar-refractivity contribution in [2.75, 3.05) is 4.72 Å². The van der Waals surface area contributed by atoms with Crippen LogP contribution in [0.1, 0.15) is 37.6 Å². The van der Waals surface area contributed by atoms with E-state index in [0.717, 1.165) is 16.9 Å². The van der Waals surface area contributed by atoms with E-state index < -0.39 is 10.0 Å². The number of benzene rings is 1. The molecule has 0 atom stereocenters. The fourth-order valence-electron chi connectivity index (χ4n) is 1.70. The molecular weight excluding hydrogens is 304 g/mol. The molecule has 0 bridgehead atoms. The Morgan fingerprint density at radius 2 is 1.86 bits per heavy atom. The molecule has 4 nitrogen and oxygen atoms in total. The van der Waals surface area contributed by atoms with Crippen molar-refractivity contribution in [3.05, 3.63) is 40.9 Å². The molecule has 0 amide bonds. The molecule has 1 N–H and O–H groups in total. The van der Waals surface area contributed by atoms with E-state index in [2.05, 4.69) is 30.5 Å². The standard InChI is InChI=1S/C15H20N2O2S2/c1-5-15(3,4)13-10-16-14(20-13)17-21(18,19)12-8-6-11(2)7-9-12/h6-10H,5H2,1-4H3,(H,16,17). The van der Waals surface area contributed by atoms with Gasteiger partial charge in [0, 0.05) is 16.5 Å². The topological polar surface area (TPSA) is 59.1 Å². The van der Waals surface area contributed by atoms with Crippen molar-refractivity contribution in [3.8, 4) is 0 Å². The average Bonchev–Trinajstić information content (AvgIpc) is 2.87. The Balaban J connectivity index is 2.23. The lowest BCUT2D eigenvalue weighted by Crippen LogP contribution is -2.13. The molecule has 6 heteroatoms. The lowest BCUT2D eigenvalue weighted by Gasteiger charge is -2.19. The number of aryl methyl sites for hydroxylation is 1. The fraction of sp³-hybridized carbons (Fsp3) is 0.400. The third-order valence-corrected chi connectivity index (χ3v) is 6.37. The Kier molecular flexibility index (Phi) is 4.39. The largest absolute Gasteiger partial charge is 0.263 e. The summed E-state index contributed by atoms with van der Waals surface area (Å²) in [5.74, 6) is 0. The normalized spacial score (nSPS) is 12.4. The summed E-state index contributed by atoms with van der Waals surface area (Å²) in [4.78, 5) is 5.51. The Bertz CT molecular complexity index is 716. The lowest BCUT2D eigenvalue weighted by molar-refractivity contribution is 0.516. The number of nitrogens with zero attached hydrogens (tertiary/aromatic N) is 1. The number of hydrogen-bond acceptors (Lipinski definition) is 4. The summed E-state index contributed by atoms with van der Waals surface area (Å²) in [7, 11) is -3.57. The van der Waals surface area contributed by atoms with Crippen LogP contribution in [0, 0.1) is 6.92 Å². The number of hydrogen-bond donors (Lipinski definition) is 1. The Morgan fingerprint density at radius 3 is 2.43 bits per heavy atom. The number of nitrogens with one attached hydrogen (secondary N) is 1. The van der Waals surface area contributed by atoms with Crippen LogP contribution in [0.15, 0.2) is 35.4 Å². The van der Waals surface area contributed by atoms with Gasteiger partial charge in [0.15, 0.2) is 5.13 Å². The van der Waals surface area contributed by atoms with Gasteiger partial charge in [0.1, 0.15) is 0 Å². The van der Waals surface area contributed by atoms with Crippen LogP contribution in [0.5, 0.6) is 0 Å². The van der Waals surface area contributed by atoms with Crippen molar-refractivity contribution in [2.45, 2.75) is 44.4 Å². The predicted molar refractivity (Wildman–Crippen MR) is 87.4 cm³/mol. The number of sulfonamides is 1. The highest BCUT2D eigenvalue weighted by atomic mass is 32.2. The Hall–Kier alpha value is -1.40. The zero-order valence-electron chi connectivity index (χ0n) is 12.7. The highest BCUT2D eigenvalue weighted by Gasteiger charge is 2.23. The monoisotopic (exact) mass is 324 g/mol. The van der Waals surface area contributed by atoms with E-state index >= 15 is 0 Å². The molecule has 0 aliphatic rings. The molecule has 1 aromatic carbocycles. The maximum atomic E-state index is 12.3. The molecule has 114 valence electrons. The molecule has 0 unspecified atom stereocenters. The minimum absolute atomic E-state index is 0.00518. The molecule has 0 aliphatic heterocycles. The molecule has 0 radical (unpaired) electrons. The first-order valence-corrected chi connectivity index (χ1v) is 9.10. The summed E-state index contributed by atoms with van der Waals surface area (Å²) in [6, 6.07) is 6.76. The molecule has 0 saturated carbocycles. The molecule has 21 heavy (non-hydrogen) atoms. The van der Waals surface area contributed by atoms with Crippen LogP contribution in [0.2, 0.25) is 0 Å². The zero-order chi connectivity index (χ0) is 15.7. The molecule has 2 rings (SSSR count). The molecule has 0 aliphatic carbocycles. The van der Waals surface area contributed by atoms with E-state index in [1.807, 2.05) is 6.92 Å². The van der Waals surface area contributed by atoms with E-state index in [-0.39, 0.29) is 10.3 Å². The van der Waals surface area contributed by atoms with Crippen molar-refractivity contribution in [3.63, 3.8) is 0 Å². The first kappa shape index (κ1) is 16.0. The minimum atomic E-state index is -3.57. The first-order chi connectivity index (χ1) is 9.74. The predicted octanol–water partition coefficient (Wildman–Crippen LogP) is 3.94. The van der Waals surface area contributed by atoms with Gasteiger partial charge in [-0.15, -0.1) is 11.3 Å². The van der Waals surface area contributed by atoms with Gasteiger partial charge < -0.3 is 0 Å². The van der Waals surface area contributed by atoms with Crippen molar-refractivity contribution < 1.29 is 8.42 Å². The Labute approximate surface area is 130 Å². The maximum Gasteiger partial charge on any atom is 0.263 e. The molecular formula is C15H20N2O2S2. The van der Waals surface area contributed by atoms with E-state index in [0.29, 0.717) is 5.13 Å². The molecule has 0 saturated heterocycles. The van der Waals surface area contributed by atoms with Crippen LogP contribution in [-0.2, 0) is 15.4 Å². The summed E-state index contributed by atoms with van der Waals surface area (Å²) in [6.45, 7) is 8.27. The molecule has 2 aromatic rings. The number of rotatable bonds is 5. The molecule has 1 heterocycles. The first-order valence-electron chi connectivity index (χ1n) is 6.80. The second-order valence-corrected chi connectivity index (χ2v) is 8.40. The van der Waals surface area contributed by atoms with Gasteiger partial charge in [-0.2, -0.15) is 0 Å². The van der Waals surface area contributed by atoms with E-state index in [9.17, 15) is 8.42 Å². The maximum absolute atomic E-state index is 12.3. The van der Waals surface area contributed by atoms with Gasteiger partial charge in [0.25, 0.3) is 10.0 Å². The third-order valence-electron chi connectivity index (χ3n) is 3.61. The van der Waals surface area contributed by atoms with Gasteiger partial charge in [-0.3, -0.25) is 4.72 Å². The van der Waals surface area contributed by atoms with Gasteiger partial charge in [-0.1, -0.05) is 38.5 Å². The van der Waals surface area contributed by atoms with Crippen LogP contribution < -0.4 is 4.72 Å². The van der Waals surface area contributed by atoms with Crippen LogP contribution in [0.3, 0.4) is 0 Å². The second-order valence-electron chi connectivity index (χ2n) is 5.69. The van der Waals surface area contributed by atoms with E-state index in [1.165, 1.54) is 11.3 Å². The van der Waals surface area contributed by atoms with Gasteiger partial charge in [0.2, 0.25) is 0 Å². The summed E-state index contributed by atoms with van der Waals surface area (Å²) >= 11 is 1.39. The lowest BCUT2D eigenvalue weighted by atomic mass is 9.89. The van der Waals surface area contributed by atoms with E-state index in [1.54, 1.807) is 30.5 Å². The summed E-state index contributed by atoms with van der Waals surface area (Å²) in [5, 5.41) is 0.409. The van der Waals surface area contributed by atoms with Crippen LogP contribution >= 0.6 is 11.3 Å². The Morgan fingerprint density at radius 1 is 1.24 bits per heavy atom. The fourth-order valence-corrected chi connectivity index (χ4v) is 3.93. The zero-order valence-corrected chi connectivity index (χ0v) is 14.3. The number of aromatic nitrogens is 1. The van der Waals surface area contributed by atoms with Gasteiger partial charge in [-0.25, -0.2) is 13.4 Å². The smallest absolute Gasteiger partial charge is 0.255 e. The quantitative estimate of drug-likeness (QED) is 0.906. The summed E-state index contributed by atoms with van der Waals surface area (Å²) in [6.07, 6.45) is 2.72. The molecule has 0 spiro atoms. The van der Waals surface area contributed by atoms with Crippen molar-refractivity contribution in [1.29, 1.82) is 0 Å². The van der Waals surface area contributed by atoms with Gasteiger partial charge in [-0.05, 0) is 25.5 Å². The van der Waals surface area contributed by atoms with Crippen LogP contribution in [0.25, 0.3) is 0 Å². The second kappa shape index (κ2) is 5.77. The van der Waals surface area contributed by atoms with Crippen molar-refractivity contribution in [1.82, 2.24) is 4.98 Å². The van der Waals surface area contributed by atoms with Crippen molar-refractivity contribution >= 4 is 26.5 Å². The molecule has 1 aromatic heterocycles. The van der Waals surface area contributed by atoms with Gasteiger partial charge >= 0.3 is 0 Å². The van der Waals surface area contributed by atoms with Crippen LogP contribution in [0.4, 0.5) is 5.13 Å². The average molecular weight is 324 g/mol. The SMILES string of the molecule is CCC(C)(C)c1cnc(NS(=O)(=O)c2ccc(C)cc2)s1. The minimum Gasteiger partial charge on any atom is -0.255 e. The highest BCUT2D eigenvalue weighted by Crippen LogP contribution is 2.33. The summed E-state index contributed by atoms with van der Waals surface area (Å²) < 4.78 is 27.1. The molecule has 0 fully saturated rings. The van der Waals surface area contributed by atoms with Crippen molar-refractivity contribution in [2.24, 2.45) is 0 Å². The van der Waals surface area contributed by atoms with Gasteiger partial charge in [0.05, 0.1) is 4.90 Å². The summed E-state index contributed by atoms with van der Waals surface area (Å²) in [5.41, 5.74) is 1.03. The number of thiazole rings is 1. The third kappa shape index (κ3) is 3.63. The van der Waals surface area contributed by atoms with Crippen LogP contribution in [-0.4, -0.2) is 13.4 Å².